The maximum atomic E-state index is 12.2. The topological polar surface area (TPSA) is 114 Å². The molecule has 8 heteroatoms. The van der Waals surface area contributed by atoms with Crippen LogP contribution in [0, 0.1) is 0 Å². The summed E-state index contributed by atoms with van der Waals surface area (Å²) in [5.41, 5.74) is 3.84. The molecular weight excluding hydrogens is 424 g/mol. The van der Waals surface area contributed by atoms with Gasteiger partial charge in [0.15, 0.2) is 0 Å². The van der Waals surface area contributed by atoms with Gasteiger partial charge in [-0.25, -0.2) is 14.4 Å². The highest BCUT2D eigenvalue weighted by molar-refractivity contribution is 5.80. The lowest BCUT2D eigenvalue weighted by molar-refractivity contribution is -0.139. The van der Waals surface area contributed by atoms with E-state index in [0.717, 1.165) is 22.3 Å². The minimum Gasteiger partial charge on any atom is -0.480 e. The van der Waals surface area contributed by atoms with Crippen LogP contribution in [0.25, 0.3) is 11.1 Å². The van der Waals surface area contributed by atoms with Crippen LogP contribution < -0.4 is 10.6 Å². The monoisotopic (exact) mass is 454 g/mol. The minimum atomic E-state index is -1.16. The lowest BCUT2D eigenvalue weighted by atomic mass is 9.98. The Bertz CT molecular complexity index is 968. The summed E-state index contributed by atoms with van der Waals surface area (Å²) < 4.78 is 10.5. The minimum absolute atomic E-state index is 0.0300. The molecule has 3 rings (SSSR count). The first-order valence-corrected chi connectivity index (χ1v) is 11.0. The first kappa shape index (κ1) is 24.1. The molecule has 0 radical (unpaired) electrons. The third kappa shape index (κ3) is 6.47. The van der Waals surface area contributed by atoms with Gasteiger partial charge in [-0.3, -0.25) is 0 Å². The highest BCUT2D eigenvalue weighted by atomic mass is 16.6. The van der Waals surface area contributed by atoms with Crippen LogP contribution in [0.3, 0.4) is 0 Å². The molecule has 1 atom stereocenters. The van der Waals surface area contributed by atoms with Crippen LogP contribution in [0.15, 0.2) is 48.5 Å². The van der Waals surface area contributed by atoms with Gasteiger partial charge in [-0.15, -0.1) is 0 Å². The fourth-order valence-electron chi connectivity index (χ4n) is 3.85. The molecule has 2 amide bonds. The maximum absolute atomic E-state index is 12.2. The van der Waals surface area contributed by atoms with Crippen molar-refractivity contribution < 1.29 is 29.0 Å². The molecule has 176 valence electrons. The summed E-state index contributed by atoms with van der Waals surface area (Å²) in [6.45, 7) is 5.51. The number of carboxylic acids is 1. The molecule has 2 aromatic carbocycles. The molecule has 1 aliphatic carbocycles. The molecule has 0 saturated carbocycles. The highest BCUT2D eigenvalue weighted by Gasteiger charge is 2.29. The number of carbonyl (C=O) groups excluding carboxylic acids is 2. The summed E-state index contributed by atoms with van der Waals surface area (Å²) in [6, 6.07) is 15.1. The van der Waals surface area contributed by atoms with Crippen molar-refractivity contribution in [2.45, 2.75) is 51.2 Å². The summed E-state index contributed by atoms with van der Waals surface area (Å²) in [5.74, 6) is -1.19. The Morgan fingerprint density at radius 3 is 2.09 bits per heavy atom. The molecule has 0 fully saturated rings. The Balaban J connectivity index is 1.45. The first-order valence-electron chi connectivity index (χ1n) is 11.0. The summed E-state index contributed by atoms with van der Waals surface area (Å²) >= 11 is 0. The molecule has 0 unspecified atom stereocenters. The molecule has 0 aliphatic heterocycles. The van der Waals surface area contributed by atoms with Crippen molar-refractivity contribution >= 4 is 18.2 Å². The predicted octanol–water partition coefficient (Wildman–Crippen LogP) is 4.28. The van der Waals surface area contributed by atoms with Crippen LogP contribution in [0.1, 0.15) is 50.7 Å². The van der Waals surface area contributed by atoms with E-state index in [4.69, 9.17) is 9.47 Å². The molecule has 0 aromatic heterocycles. The number of aliphatic carboxylic acids is 1. The molecule has 33 heavy (non-hydrogen) atoms. The Morgan fingerprint density at radius 1 is 0.970 bits per heavy atom. The number of carboxylic acid groups (broad SMARTS) is 1. The average Bonchev–Trinajstić information content (AvgIpc) is 3.07. The number of amides is 2. The molecule has 8 nitrogen and oxygen atoms in total. The summed E-state index contributed by atoms with van der Waals surface area (Å²) in [7, 11) is 0. The van der Waals surface area contributed by atoms with Crippen molar-refractivity contribution in [3.8, 4) is 11.1 Å². The normalized spacial score (nSPS) is 13.4. The van der Waals surface area contributed by atoms with Crippen molar-refractivity contribution in [3.05, 3.63) is 59.7 Å². The Kier molecular flexibility index (Phi) is 7.58. The molecule has 0 spiro atoms. The Hall–Kier alpha value is -3.55. The van der Waals surface area contributed by atoms with Gasteiger partial charge in [0.25, 0.3) is 0 Å². The van der Waals surface area contributed by atoms with E-state index < -0.39 is 29.8 Å². The van der Waals surface area contributed by atoms with Crippen LogP contribution in [0.5, 0.6) is 0 Å². The molecule has 3 N–H and O–H groups in total. The van der Waals surface area contributed by atoms with Gasteiger partial charge in [0, 0.05) is 12.5 Å². The maximum Gasteiger partial charge on any atom is 0.408 e. The van der Waals surface area contributed by atoms with Gasteiger partial charge in [0.2, 0.25) is 0 Å². The van der Waals surface area contributed by atoms with Gasteiger partial charge < -0.3 is 25.2 Å². The smallest absolute Gasteiger partial charge is 0.408 e. The van der Waals surface area contributed by atoms with E-state index >= 15 is 0 Å². The van der Waals surface area contributed by atoms with E-state index in [-0.39, 0.29) is 25.5 Å². The van der Waals surface area contributed by atoms with Crippen molar-refractivity contribution in [1.82, 2.24) is 10.6 Å². The third-order valence-corrected chi connectivity index (χ3v) is 5.27. The van der Waals surface area contributed by atoms with Gasteiger partial charge in [-0.2, -0.15) is 0 Å². The van der Waals surface area contributed by atoms with Crippen LogP contribution in [-0.4, -0.2) is 48.1 Å². The number of rotatable bonds is 8. The summed E-state index contributed by atoms with van der Waals surface area (Å²) in [6.07, 6.45) is -0.877. The average molecular weight is 455 g/mol. The lowest BCUT2D eigenvalue weighted by Crippen LogP contribution is -2.43. The van der Waals surface area contributed by atoms with E-state index in [1.165, 1.54) is 0 Å². The van der Waals surface area contributed by atoms with Crippen LogP contribution in [-0.2, 0) is 14.3 Å². The summed E-state index contributed by atoms with van der Waals surface area (Å²) in [4.78, 5) is 35.4. The number of hydrogen-bond acceptors (Lipinski definition) is 5. The summed E-state index contributed by atoms with van der Waals surface area (Å²) in [5, 5.41) is 14.3. The van der Waals surface area contributed by atoms with Crippen LogP contribution in [0.2, 0.25) is 0 Å². The Labute approximate surface area is 193 Å². The third-order valence-electron chi connectivity index (χ3n) is 5.27. The lowest BCUT2D eigenvalue weighted by Gasteiger charge is -2.22. The van der Waals surface area contributed by atoms with Gasteiger partial charge in [-0.1, -0.05) is 48.5 Å². The number of alkyl carbamates (subject to hydrolysis) is 2. The largest absolute Gasteiger partial charge is 0.480 e. The molecule has 0 bridgehead atoms. The molecule has 1 aliphatic rings. The predicted molar refractivity (Wildman–Crippen MR) is 123 cm³/mol. The van der Waals surface area contributed by atoms with Gasteiger partial charge in [-0.05, 0) is 55.9 Å². The molecule has 0 heterocycles. The number of nitrogens with one attached hydrogen (secondary N) is 2. The van der Waals surface area contributed by atoms with Crippen molar-refractivity contribution in [3.63, 3.8) is 0 Å². The molecule has 2 aromatic rings. The second kappa shape index (κ2) is 10.4. The standard InChI is InChI=1S/C25H30N2O6/c1-25(2,3)33-24(31)27-21(22(28)29)13-8-14-26-23(30)32-15-20-18-11-6-4-9-16(18)17-10-5-7-12-19(17)20/h4-7,9-12,20-21H,8,13-15H2,1-3H3,(H,26,30)(H,27,31)(H,28,29)/t21-/m1/s1. The van der Waals surface area contributed by atoms with Crippen molar-refractivity contribution in [2.75, 3.05) is 13.2 Å². The Morgan fingerprint density at radius 2 is 1.55 bits per heavy atom. The van der Waals surface area contributed by atoms with Crippen LogP contribution >= 0.6 is 0 Å². The number of carbonyl (C=O) groups is 3. The van der Waals surface area contributed by atoms with Crippen LogP contribution in [0.4, 0.5) is 9.59 Å². The zero-order chi connectivity index (χ0) is 24.0. The van der Waals surface area contributed by atoms with Crippen molar-refractivity contribution in [2.24, 2.45) is 0 Å². The first-order chi connectivity index (χ1) is 15.7. The number of fused-ring (bicyclic) bond motifs is 3. The molecular formula is C25H30N2O6. The zero-order valence-electron chi connectivity index (χ0n) is 19.1. The molecule has 0 saturated heterocycles. The zero-order valence-corrected chi connectivity index (χ0v) is 19.1. The van der Waals surface area contributed by atoms with E-state index in [1.54, 1.807) is 20.8 Å². The second-order valence-electron chi connectivity index (χ2n) is 8.93. The number of ether oxygens (including phenoxy) is 2. The SMILES string of the molecule is CC(C)(C)OC(=O)N[C@H](CCCNC(=O)OCC1c2ccccc2-c2ccccc21)C(=O)O. The number of benzene rings is 2. The second-order valence-corrected chi connectivity index (χ2v) is 8.93. The van der Waals surface area contributed by atoms with Crippen molar-refractivity contribution in [1.29, 1.82) is 0 Å². The fraction of sp³-hybridized carbons (Fsp3) is 0.400. The van der Waals surface area contributed by atoms with E-state index in [1.807, 2.05) is 36.4 Å². The number of hydrogen-bond donors (Lipinski definition) is 3. The van der Waals surface area contributed by atoms with E-state index in [9.17, 15) is 19.5 Å². The van der Waals surface area contributed by atoms with Gasteiger partial charge in [0.05, 0.1) is 0 Å². The van der Waals surface area contributed by atoms with E-state index in [2.05, 4.69) is 22.8 Å². The van der Waals surface area contributed by atoms with E-state index in [0.29, 0.717) is 6.42 Å². The van der Waals surface area contributed by atoms with Gasteiger partial charge >= 0.3 is 18.2 Å². The highest BCUT2D eigenvalue weighted by Crippen LogP contribution is 2.44. The quantitative estimate of drug-likeness (QED) is 0.513. The van der Waals surface area contributed by atoms with Gasteiger partial charge in [0.1, 0.15) is 18.2 Å². The fourth-order valence-corrected chi connectivity index (χ4v) is 3.85.